The normalized spacial score (nSPS) is 12.4. The van der Waals surface area contributed by atoms with Crippen LogP contribution in [0, 0.1) is 5.82 Å². The van der Waals surface area contributed by atoms with Crippen molar-refractivity contribution in [3.8, 4) is 11.3 Å². The fraction of sp³-hybridized carbons (Fsp3) is 0.0833. The highest BCUT2D eigenvalue weighted by Gasteiger charge is 2.19. The lowest BCUT2D eigenvalue weighted by Gasteiger charge is -1.98. The molecule has 68 valence electrons. The Morgan fingerprint density at radius 1 is 1.14 bits per heavy atom. The van der Waals surface area contributed by atoms with Crippen LogP contribution in [0.2, 0.25) is 0 Å². The molecular weight excluding hydrogens is 177 g/mol. The second-order valence-corrected chi connectivity index (χ2v) is 3.49. The van der Waals surface area contributed by atoms with Crippen molar-refractivity contribution in [2.45, 2.75) is 6.42 Å². The molecule has 1 heterocycles. The Bertz CT molecular complexity index is 505. The van der Waals surface area contributed by atoms with E-state index >= 15 is 0 Å². The third kappa shape index (κ3) is 0.970. The number of fused-ring (bicyclic) bond motifs is 3. The fourth-order valence-electron chi connectivity index (χ4n) is 1.95. The van der Waals surface area contributed by atoms with Gasteiger partial charge in [0.2, 0.25) is 0 Å². The summed E-state index contributed by atoms with van der Waals surface area (Å²) in [6, 6.07) is 8.87. The maximum Gasteiger partial charge on any atom is 0.123 e. The molecule has 0 N–H and O–H groups in total. The summed E-state index contributed by atoms with van der Waals surface area (Å²) in [6.07, 6.45) is 2.62. The number of rotatable bonds is 0. The molecule has 0 aliphatic heterocycles. The smallest absolute Gasteiger partial charge is 0.123 e. The number of hydrogen-bond acceptors (Lipinski definition) is 1. The van der Waals surface area contributed by atoms with Gasteiger partial charge in [-0.1, -0.05) is 12.1 Å². The second-order valence-electron chi connectivity index (χ2n) is 3.49. The minimum atomic E-state index is -0.192. The molecule has 0 amide bonds. The summed E-state index contributed by atoms with van der Waals surface area (Å²) in [7, 11) is 0. The molecular formula is C12H8FN. The Morgan fingerprint density at radius 2 is 2.07 bits per heavy atom. The molecule has 2 aromatic rings. The SMILES string of the molecule is Fc1ccc2c(c1)-c1ncccc1C2. The molecule has 0 radical (unpaired) electrons. The van der Waals surface area contributed by atoms with Crippen LogP contribution >= 0.6 is 0 Å². The van der Waals surface area contributed by atoms with E-state index in [2.05, 4.69) is 4.98 Å². The van der Waals surface area contributed by atoms with Gasteiger partial charge in [-0.15, -0.1) is 0 Å². The third-order valence-corrected chi connectivity index (χ3v) is 2.60. The molecule has 14 heavy (non-hydrogen) atoms. The molecule has 1 aromatic carbocycles. The van der Waals surface area contributed by atoms with E-state index in [0.717, 1.165) is 17.7 Å². The first kappa shape index (κ1) is 7.68. The highest BCUT2D eigenvalue weighted by atomic mass is 19.1. The van der Waals surface area contributed by atoms with Crippen LogP contribution in [-0.4, -0.2) is 4.98 Å². The number of aromatic nitrogens is 1. The van der Waals surface area contributed by atoms with Crippen molar-refractivity contribution in [1.82, 2.24) is 4.98 Å². The summed E-state index contributed by atoms with van der Waals surface area (Å²) in [4.78, 5) is 4.28. The van der Waals surface area contributed by atoms with E-state index in [1.165, 1.54) is 17.2 Å². The first-order valence-electron chi connectivity index (χ1n) is 4.57. The molecule has 1 aliphatic carbocycles. The van der Waals surface area contributed by atoms with E-state index < -0.39 is 0 Å². The lowest BCUT2D eigenvalue weighted by molar-refractivity contribution is 0.628. The largest absolute Gasteiger partial charge is 0.256 e. The van der Waals surface area contributed by atoms with Crippen molar-refractivity contribution in [2.75, 3.05) is 0 Å². The average molecular weight is 185 g/mol. The van der Waals surface area contributed by atoms with Gasteiger partial charge in [0.1, 0.15) is 5.82 Å². The minimum absolute atomic E-state index is 0.192. The molecule has 3 rings (SSSR count). The van der Waals surface area contributed by atoms with Crippen LogP contribution in [0.3, 0.4) is 0 Å². The average Bonchev–Trinajstić information content (AvgIpc) is 2.56. The van der Waals surface area contributed by atoms with Gasteiger partial charge in [-0.05, 0) is 29.3 Å². The van der Waals surface area contributed by atoms with Gasteiger partial charge in [0.25, 0.3) is 0 Å². The summed E-state index contributed by atoms with van der Waals surface area (Å²) in [5.41, 5.74) is 4.23. The van der Waals surface area contributed by atoms with Crippen LogP contribution in [0.5, 0.6) is 0 Å². The highest BCUT2D eigenvalue weighted by molar-refractivity contribution is 5.73. The number of benzene rings is 1. The second kappa shape index (κ2) is 2.64. The van der Waals surface area contributed by atoms with E-state index in [1.807, 2.05) is 18.2 Å². The van der Waals surface area contributed by atoms with E-state index in [9.17, 15) is 4.39 Å². The Hall–Kier alpha value is -1.70. The molecule has 1 aromatic heterocycles. The van der Waals surface area contributed by atoms with Crippen LogP contribution in [0.1, 0.15) is 11.1 Å². The van der Waals surface area contributed by atoms with Crippen LogP contribution in [0.15, 0.2) is 36.5 Å². The zero-order valence-corrected chi connectivity index (χ0v) is 7.50. The molecule has 0 bridgehead atoms. The van der Waals surface area contributed by atoms with Gasteiger partial charge in [-0.25, -0.2) is 4.39 Å². The third-order valence-electron chi connectivity index (χ3n) is 2.60. The summed E-state index contributed by atoms with van der Waals surface area (Å²) in [5, 5.41) is 0. The van der Waals surface area contributed by atoms with Crippen molar-refractivity contribution >= 4 is 0 Å². The Kier molecular flexibility index (Phi) is 1.45. The number of pyridine rings is 1. The summed E-state index contributed by atoms with van der Waals surface area (Å²) < 4.78 is 13.0. The summed E-state index contributed by atoms with van der Waals surface area (Å²) in [6.45, 7) is 0. The zero-order chi connectivity index (χ0) is 9.54. The summed E-state index contributed by atoms with van der Waals surface area (Å²) in [5.74, 6) is -0.192. The molecule has 0 atom stereocenters. The minimum Gasteiger partial charge on any atom is -0.256 e. The van der Waals surface area contributed by atoms with E-state index in [1.54, 1.807) is 12.3 Å². The summed E-state index contributed by atoms with van der Waals surface area (Å²) >= 11 is 0. The maximum absolute atomic E-state index is 13.0. The van der Waals surface area contributed by atoms with Gasteiger partial charge >= 0.3 is 0 Å². The predicted octanol–water partition coefficient (Wildman–Crippen LogP) is 2.79. The quantitative estimate of drug-likeness (QED) is 0.524. The van der Waals surface area contributed by atoms with E-state index in [4.69, 9.17) is 0 Å². The molecule has 0 unspecified atom stereocenters. The molecule has 0 saturated carbocycles. The van der Waals surface area contributed by atoms with Crippen LogP contribution in [0.4, 0.5) is 4.39 Å². The van der Waals surface area contributed by atoms with Crippen molar-refractivity contribution in [2.24, 2.45) is 0 Å². The molecule has 0 fully saturated rings. The Balaban J connectivity index is 2.30. The van der Waals surface area contributed by atoms with Crippen molar-refractivity contribution in [3.05, 3.63) is 53.5 Å². The van der Waals surface area contributed by atoms with Crippen LogP contribution in [-0.2, 0) is 6.42 Å². The predicted molar refractivity (Wildman–Crippen MR) is 52.4 cm³/mol. The van der Waals surface area contributed by atoms with Gasteiger partial charge < -0.3 is 0 Å². The standard InChI is InChI=1S/C12H8FN/c13-10-4-3-8-6-9-2-1-5-14-12(9)11(8)7-10/h1-5,7H,6H2. The Labute approximate surface area is 81.2 Å². The van der Waals surface area contributed by atoms with E-state index in [0.29, 0.717) is 0 Å². The number of hydrogen-bond donors (Lipinski definition) is 0. The fourth-order valence-corrected chi connectivity index (χ4v) is 1.95. The molecule has 0 saturated heterocycles. The first-order valence-corrected chi connectivity index (χ1v) is 4.57. The topological polar surface area (TPSA) is 12.9 Å². The van der Waals surface area contributed by atoms with Gasteiger partial charge in [-0.2, -0.15) is 0 Å². The molecule has 2 heteroatoms. The van der Waals surface area contributed by atoms with Crippen LogP contribution in [0.25, 0.3) is 11.3 Å². The monoisotopic (exact) mass is 185 g/mol. The van der Waals surface area contributed by atoms with Gasteiger partial charge in [0.15, 0.2) is 0 Å². The van der Waals surface area contributed by atoms with Crippen molar-refractivity contribution < 1.29 is 4.39 Å². The molecule has 1 aliphatic rings. The molecule has 0 spiro atoms. The van der Waals surface area contributed by atoms with Gasteiger partial charge in [-0.3, -0.25) is 4.98 Å². The first-order chi connectivity index (χ1) is 6.84. The molecule has 1 nitrogen and oxygen atoms in total. The highest BCUT2D eigenvalue weighted by Crippen LogP contribution is 2.34. The van der Waals surface area contributed by atoms with Gasteiger partial charge in [0, 0.05) is 18.2 Å². The maximum atomic E-state index is 13.0. The zero-order valence-electron chi connectivity index (χ0n) is 7.50. The van der Waals surface area contributed by atoms with Crippen molar-refractivity contribution in [1.29, 1.82) is 0 Å². The lowest BCUT2D eigenvalue weighted by Crippen LogP contribution is -1.82. The van der Waals surface area contributed by atoms with Crippen molar-refractivity contribution in [3.63, 3.8) is 0 Å². The number of halogens is 1. The van der Waals surface area contributed by atoms with Crippen LogP contribution < -0.4 is 0 Å². The number of nitrogens with zero attached hydrogens (tertiary/aromatic N) is 1. The Morgan fingerprint density at radius 3 is 3.00 bits per heavy atom. The lowest BCUT2D eigenvalue weighted by atomic mass is 10.1. The van der Waals surface area contributed by atoms with E-state index in [-0.39, 0.29) is 5.82 Å². The van der Waals surface area contributed by atoms with Gasteiger partial charge in [0.05, 0.1) is 5.69 Å².